The fourth-order valence-electron chi connectivity index (χ4n) is 2.10. The Labute approximate surface area is 126 Å². The average Bonchev–Trinajstić information content (AvgIpc) is 2.76. The van der Waals surface area contributed by atoms with Gasteiger partial charge in [0.1, 0.15) is 5.69 Å². The molecule has 2 heterocycles. The van der Waals surface area contributed by atoms with Crippen molar-refractivity contribution in [3.63, 3.8) is 0 Å². The molecule has 1 aromatic rings. The number of ether oxygens (including phenoxy) is 1. The van der Waals surface area contributed by atoms with Crippen LogP contribution in [-0.4, -0.2) is 48.4 Å². The molecule has 0 aromatic carbocycles. The highest BCUT2D eigenvalue weighted by atomic mass is 32.2. The highest BCUT2D eigenvalue weighted by Gasteiger charge is 2.29. The number of nitro groups is 1. The van der Waals surface area contributed by atoms with Gasteiger partial charge in [0.05, 0.1) is 11.5 Å². The van der Waals surface area contributed by atoms with Gasteiger partial charge in [0.2, 0.25) is 5.75 Å². The summed E-state index contributed by atoms with van der Waals surface area (Å²) in [5, 5.41) is 13.4. The third kappa shape index (κ3) is 4.13. The fraction of sp³-hybridized carbons (Fsp3) is 0.500. The second-order valence-electron chi connectivity index (χ2n) is 4.99. The third-order valence-corrected chi connectivity index (χ3v) is 4.88. The largest absolute Gasteiger partial charge is 0.476 e. The molecule has 1 saturated heterocycles. The Bertz CT molecular complexity index is 703. The molecule has 2 rings (SSSR count). The van der Waals surface area contributed by atoms with E-state index in [1.54, 1.807) is 6.92 Å². The molecular weight excluding hydrogens is 314 g/mol. The van der Waals surface area contributed by atoms with E-state index in [0.717, 1.165) is 0 Å². The molecule has 22 heavy (non-hydrogen) atoms. The van der Waals surface area contributed by atoms with Crippen LogP contribution in [0.1, 0.15) is 12.1 Å². The molecule has 1 aliphatic rings. The molecule has 1 unspecified atom stereocenters. The van der Waals surface area contributed by atoms with E-state index >= 15 is 0 Å². The van der Waals surface area contributed by atoms with Crippen LogP contribution in [-0.2, 0) is 14.6 Å². The van der Waals surface area contributed by atoms with Crippen LogP contribution in [0.15, 0.2) is 12.1 Å². The number of amides is 1. The Morgan fingerprint density at radius 1 is 1.55 bits per heavy atom. The van der Waals surface area contributed by atoms with Gasteiger partial charge in [0, 0.05) is 13.0 Å². The summed E-state index contributed by atoms with van der Waals surface area (Å²) in [5.41, 5.74) is 0.458. The molecule has 1 aromatic heterocycles. The van der Waals surface area contributed by atoms with E-state index in [2.05, 4.69) is 10.3 Å². The molecular formula is C12H15N3O6S. The summed E-state index contributed by atoms with van der Waals surface area (Å²) >= 11 is 0. The summed E-state index contributed by atoms with van der Waals surface area (Å²) in [7, 11) is -3.09. The minimum atomic E-state index is -3.09. The summed E-state index contributed by atoms with van der Waals surface area (Å²) in [5.74, 6) is -1.14. The highest BCUT2D eigenvalue weighted by molar-refractivity contribution is 7.91. The number of nitrogens with zero attached hydrogens (tertiary/aromatic N) is 2. The maximum Gasteiger partial charge on any atom is 0.406 e. The zero-order valence-corrected chi connectivity index (χ0v) is 12.6. The summed E-state index contributed by atoms with van der Waals surface area (Å²) in [6.07, 6.45) is 0.361. The number of carbonyl (C=O) groups is 1. The van der Waals surface area contributed by atoms with Crippen molar-refractivity contribution < 1.29 is 22.9 Å². The van der Waals surface area contributed by atoms with Crippen molar-refractivity contribution in [1.82, 2.24) is 10.3 Å². The molecule has 1 amide bonds. The first-order valence-electron chi connectivity index (χ1n) is 6.51. The number of sulfone groups is 1. The molecule has 1 atom stereocenters. The lowest BCUT2D eigenvalue weighted by Crippen LogP contribution is -2.38. The maximum absolute atomic E-state index is 11.7. The van der Waals surface area contributed by atoms with Crippen LogP contribution in [0.25, 0.3) is 0 Å². The summed E-state index contributed by atoms with van der Waals surface area (Å²) < 4.78 is 27.7. The van der Waals surface area contributed by atoms with Crippen molar-refractivity contribution in [2.75, 3.05) is 18.1 Å². The van der Waals surface area contributed by atoms with Crippen LogP contribution in [0.5, 0.6) is 5.75 Å². The summed E-state index contributed by atoms with van der Waals surface area (Å²) in [6.45, 7) is 1.16. The Kier molecular flexibility index (Phi) is 4.59. The lowest BCUT2D eigenvalue weighted by Gasteiger charge is -2.11. The topological polar surface area (TPSA) is 128 Å². The molecule has 0 saturated carbocycles. The van der Waals surface area contributed by atoms with E-state index in [1.807, 2.05) is 0 Å². The molecule has 0 bridgehead atoms. The molecule has 1 fully saturated rings. The predicted octanol–water partition coefficient (Wildman–Crippen LogP) is -0.0197. The van der Waals surface area contributed by atoms with Gasteiger partial charge >= 0.3 is 5.82 Å². The fourth-order valence-corrected chi connectivity index (χ4v) is 3.77. The lowest BCUT2D eigenvalue weighted by molar-refractivity contribution is -0.390. The standard InChI is InChI=1S/C12H15N3O6S/c1-8-2-3-10(12(13-8)15(17)18)21-6-11(16)14-9-4-5-22(19,20)7-9/h2-3,9H,4-7H2,1H3,(H,14,16). The van der Waals surface area contributed by atoms with E-state index in [-0.39, 0.29) is 17.3 Å². The van der Waals surface area contributed by atoms with Gasteiger partial charge in [-0.15, -0.1) is 0 Å². The Balaban J connectivity index is 1.93. The molecule has 10 heteroatoms. The normalized spacial score (nSPS) is 19.6. The number of aromatic nitrogens is 1. The van der Waals surface area contributed by atoms with Crippen LogP contribution in [0.3, 0.4) is 0 Å². The van der Waals surface area contributed by atoms with Gasteiger partial charge in [-0.1, -0.05) is 0 Å². The minimum absolute atomic E-state index is 0.0478. The SMILES string of the molecule is Cc1ccc(OCC(=O)NC2CCS(=O)(=O)C2)c([N+](=O)[O-])n1. The van der Waals surface area contributed by atoms with Gasteiger partial charge < -0.3 is 20.2 Å². The van der Waals surface area contributed by atoms with Gasteiger partial charge in [-0.25, -0.2) is 8.42 Å². The van der Waals surface area contributed by atoms with Crippen LogP contribution in [0.2, 0.25) is 0 Å². The van der Waals surface area contributed by atoms with Crippen LogP contribution >= 0.6 is 0 Å². The maximum atomic E-state index is 11.7. The lowest BCUT2D eigenvalue weighted by atomic mass is 10.2. The second-order valence-corrected chi connectivity index (χ2v) is 7.22. The zero-order valence-electron chi connectivity index (χ0n) is 11.8. The van der Waals surface area contributed by atoms with Crippen molar-refractivity contribution in [2.24, 2.45) is 0 Å². The number of rotatable bonds is 5. The van der Waals surface area contributed by atoms with E-state index in [4.69, 9.17) is 4.74 Å². The number of pyridine rings is 1. The number of hydrogen-bond donors (Lipinski definition) is 1. The third-order valence-electron chi connectivity index (χ3n) is 3.11. The minimum Gasteiger partial charge on any atom is -0.476 e. The molecule has 9 nitrogen and oxygen atoms in total. The van der Waals surface area contributed by atoms with Crippen molar-refractivity contribution >= 4 is 21.6 Å². The molecule has 0 aliphatic carbocycles. The second kappa shape index (κ2) is 6.26. The molecule has 1 N–H and O–H groups in total. The number of aryl methyl sites for hydroxylation is 1. The molecule has 0 radical (unpaired) electrons. The first-order valence-corrected chi connectivity index (χ1v) is 8.33. The van der Waals surface area contributed by atoms with Gasteiger partial charge in [-0.2, -0.15) is 0 Å². The Morgan fingerprint density at radius 2 is 2.27 bits per heavy atom. The average molecular weight is 329 g/mol. The Morgan fingerprint density at radius 3 is 2.86 bits per heavy atom. The van der Waals surface area contributed by atoms with E-state index in [9.17, 15) is 23.3 Å². The van der Waals surface area contributed by atoms with Crippen molar-refractivity contribution in [3.8, 4) is 5.75 Å². The highest BCUT2D eigenvalue weighted by Crippen LogP contribution is 2.24. The smallest absolute Gasteiger partial charge is 0.406 e. The first kappa shape index (κ1) is 16.1. The zero-order chi connectivity index (χ0) is 16.3. The number of hydrogen-bond acceptors (Lipinski definition) is 7. The van der Waals surface area contributed by atoms with Crippen molar-refractivity contribution in [1.29, 1.82) is 0 Å². The van der Waals surface area contributed by atoms with E-state index < -0.39 is 39.1 Å². The predicted molar refractivity (Wildman–Crippen MR) is 76.3 cm³/mol. The van der Waals surface area contributed by atoms with Gasteiger partial charge in [-0.05, 0) is 28.5 Å². The molecule has 0 spiro atoms. The molecule has 1 aliphatic heterocycles. The summed E-state index contributed by atoms with van der Waals surface area (Å²) in [6, 6.07) is 2.46. The number of nitrogens with one attached hydrogen (secondary N) is 1. The first-order chi connectivity index (χ1) is 10.3. The Hall–Kier alpha value is -2.23. The van der Waals surface area contributed by atoms with E-state index in [0.29, 0.717) is 12.1 Å². The molecule has 120 valence electrons. The van der Waals surface area contributed by atoms with Gasteiger partial charge in [0.25, 0.3) is 5.91 Å². The van der Waals surface area contributed by atoms with Crippen LogP contribution in [0.4, 0.5) is 5.82 Å². The van der Waals surface area contributed by atoms with Crippen molar-refractivity contribution in [3.05, 3.63) is 27.9 Å². The van der Waals surface area contributed by atoms with Gasteiger partial charge in [-0.3, -0.25) is 4.79 Å². The quantitative estimate of drug-likeness (QED) is 0.593. The van der Waals surface area contributed by atoms with Crippen molar-refractivity contribution in [2.45, 2.75) is 19.4 Å². The monoisotopic (exact) mass is 329 g/mol. The van der Waals surface area contributed by atoms with Crippen LogP contribution < -0.4 is 10.1 Å². The summed E-state index contributed by atoms with van der Waals surface area (Å²) in [4.78, 5) is 25.6. The van der Waals surface area contributed by atoms with Gasteiger partial charge in [0.15, 0.2) is 16.4 Å². The van der Waals surface area contributed by atoms with Crippen LogP contribution in [0, 0.1) is 17.0 Å². The van der Waals surface area contributed by atoms with E-state index in [1.165, 1.54) is 12.1 Å². The number of carbonyl (C=O) groups excluding carboxylic acids is 1.